The van der Waals surface area contributed by atoms with E-state index < -0.39 is 0 Å². The maximum Gasteiger partial charge on any atom is 0.225 e. The summed E-state index contributed by atoms with van der Waals surface area (Å²) in [5.41, 5.74) is 2.04. The smallest absolute Gasteiger partial charge is 0.225 e. The van der Waals surface area contributed by atoms with E-state index in [1.54, 1.807) is 0 Å². The van der Waals surface area contributed by atoms with Crippen LogP contribution in [0.3, 0.4) is 0 Å². The standard InChI is InChI=1S/C16H19ClN4/c1-10(2)18-16-20-14(11-6-7-11)9-15(21-16)19-13-5-3-4-12(17)8-13/h3-5,8-11H,6-7H2,1-2H3,(H2,18,19,20,21). The van der Waals surface area contributed by atoms with Crippen LogP contribution in [0.25, 0.3) is 0 Å². The maximum atomic E-state index is 6.02. The molecule has 2 aromatic rings. The van der Waals surface area contributed by atoms with Crippen LogP contribution in [0.4, 0.5) is 17.5 Å². The summed E-state index contributed by atoms with van der Waals surface area (Å²) in [6.07, 6.45) is 2.43. The molecule has 0 spiro atoms. The molecule has 0 atom stereocenters. The molecule has 1 aliphatic rings. The SMILES string of the molecule is CC(C)Nc1nc(Nc2cccc(Cl)c2)cc(C2CC2)n1. The molecule has 0 saturated heterocycles. The van der Waals surface area contributed by atoms with Gasteiger partial charge >= 0.3 is 0 Å². The van der Waals surface area contributed by atoms with E-state index in [4.69, 9.17) is 11.6 Å². The van der Waals surface area contributed by atoms with E-state index in [1.807, 2.05) is 30.3 Å². The minimum atomic E-state index is 0.304. The van der Waals surface area contributed by atoms with Crippen molar-refractivity contribution >= 4 is 29.1 Å². The molecule has 21 heavy (non-hydrogen) atoms. The molecule has 0 radical (unpaired) electrons. The first kappa shape index (κ1) is 14.1. The monoisotopic (exact) mass is 302 g/mol. The Kier molecular flexibility index (Phi) is 3.97. The summed E-state index contributed by atoms with van der Waals surface area (Å²) in [6.45, 7) is 4.16. The first-order valence-corrected chi connectivity index (χ1v) is 7.66. The van der Waals surface area contributed by atoms with Crippen LogP contribution in [0, 0.1) is 0 Å². The van der Waals surface area contributed by atoms with Crippen molar-refractivity contribution in [2.45, 2.75) is 38.6 Å². The highest BCUT2D eigenvalue weighted by molar-refractivity contribution is 6.30. The topological polar surface area (TPSA) is 49.8 Å². The Hall–Kier alpha value is -1.81. The van der Waals surface area contributed by atoms with Gasteiger partial charge in [-0.3, -0.25) is 0 Å². The zero-order chi connectivity index (χ0) is 14.8. The van der Waals surface area contributed by atoms with Crippen LogP contribution in [0.5, 0.6) is 0 Å². The largest absolute Gasteiger partial charge is 0.352 e. The van der Waals surface area contributed by atoms with E-state index in [0.717, 1.165) is 17.2 Å². The van der Waals surface area contributed by atoms with Gasteiger partial charge in [0, 0.05) is 28.7 Å². The number of halogens is 1. The number of rotatable bonds is 5. The molecule has 0 aliphatic heterocycles. The van der Waals surface area contributed by atoms with Crippen LogP contribution >= 0.6 is 11.6 Å². The fourth-order valence-corrected chi connectivity index (χ4v) is 2.35. The highest BCUT2D eigenvalue weighted by Crippen LogP contribution is 2.40. The fourth-order valence-electron chi connectivity index (χ4n) is 2.16. The number of hydrogen-bond donors (Lipinski definition) is 2. The Morgan fingerprint density at radius 2 is 2.00 bits per heavy atom. The molecule has 3 rings (SSSR count). The Morgan fingerprint density at radius 1 is 1.19 bits per heavy atom. The lowest BCUT2D eigenvalue weighted by Gasteiger charge is -2.13. The van der Waals surface area contributed by atoms with Gasteiger partial charge in [0.1, 0.15) is 5.82 Å². The molecule has 1 saturated carbocycles. The van der Waals surface area contributed by atoms with Gasteiger partial charge in [0.2, 0.25) is 5.95 Å². The molecule has 1 aliphatic carbocycles. The van der Waals surface area contributed by atoms with Crippen molar-refractivity contribution in [3.05, 3.63) is 41.0 Å². The Bertz CT molecular complexity index is 638. The highest BCUT2D eigenvalue weighted by atomic mass is 35.5. The summed E-state index contributed by atoms with van der Waals surface area (Å²) in [4.78, 5) is 9.14. The summed E-state index contributed by atoms with van der Waals surface area (Å²) in [6, 6.07) is 9.97. The maximum absolute atomic E-state index is 6.02. The number of aromatic nitrogens is 2. The molecule has 2 N–H and O–H groups in total. The third-order valence-corrected chi connectivity index (χ3v) is 3.49. The zero-order valence-electron chi connectivity index (χ0n) is 12.2. The molecule has 1 fully saturated rings. The van der Waals surface area contributed by atoms with E-state index in [1.165, 1.54) is 12.8 Å². The van der Waals surface area contributed by atoms with Crippen LogP contribution < -0.4 is 10.6 Å². The van der Waals surface area contributed by atoms with Gasteiger partial charge in [-0.1, -0.05) is 17.7 Å². The lowest BCUT2D eigenvalue weighted by molar-refractivity contribution is 0.864. The van der Waals surface area contributed by atoms with Crippen LogP contribution in [0.15, 0.2) is 30.3 Å². The van der Waals surface area contributed by atoms with Crippen molar-refractivity contribution in [3.63, 3.8) is 0 Å². The first-order chi connectivity index (χ1) is 10.1. The molecule has 4 nitrogen and oxygen atoms in total. The molecule has 1 aromatic heterocycles. The first-order valence-electron chi connectivity index (χ1n) is 7.28. The second kappa shape index (κ2) is 5.90. The van der Waals surface area contributed by atoms with Crippen molar-refractivity contribution < 1.29 is 0 Å². The van der Waals surface area contributed by atoms with E-state index >= 15 is 0 Å². The lowest BCUT2D eigenvalue weighted by Crippen LogP contribution is -2.14. The Morgan fingerprint density at radius 3 is 2.67 bits per heavy atom. The summed E-state index contributed by atoms with van der Waals surface area (Å²) < 4.78 is 0. The third-order valence-electron chi connectivity index (χ3n) is 3.26. The van der Waals surface area contributed by atoms with E-state index in [9.17, 15) is 0 Å². The molecule has 0 amide bonds. The van der Waals surface area contributed by atoms with Gasteiger partial charge in [-0.05, 0) is 44.9 Å². The van der Waals surface area contributed by atoms with Crippen LogP contribution in [-0.4, -0.2) is 16.0 Å². The second-order valence-corrected chi connectivity index (χ2v) is 6.15. The number of benzene rings is 1. The molecule has 5 heteroatoms. The van der Waals surface area contributed by atoms with Gasteiger partial charge in [-0.15, -0.1) is 0 Å². The van der Waals surface area contributed by atoms with Gasteiger partial charge in [0.15, 0.2) is 0 Å². The zero-order valence-corrected chi connectivity index (χ0v) is 13.0. The van der Waals surface area contributed by atoms with Crippen molar-refractivity contribution in [2.75, 3.05) is 10.6 Å². The number of anilines is 3. The van der Waals surface area contributed by atoms with Gasteiger partial charge < -0.3 is 10.6 Å². The average molecular weight is 303 g/mol. The van der Waals surface area contributed by atoms with E-state index in [-0.39, 0.29) is 0 Å². The van der Waals surface area contributed by atoms with E-state index in [0.29, 0.717) is 22.9 Å². The summed E-state index contributed by atoms with van der Waals surface area (Å²) >= 11 is 6.02. The van der Waals surface area contributed by atoms with Crippen molar-refractivity contribution in [1.82, 2.24) is 9.97 Å². The summed E-state index contributed by atoms with van der Waals surface area (Å²) in [7, 11) is 0. The molecular weight excluding hydrogens is 284 g/mol. The Labute approximate surface area is 130 Å². The number of nitrogens with zero attached hydrogens (tertiary/aromatic N) is 2. The third kappa shape index (κ3) is 3.85. The molecule has 110 valence electrons. The quantitative estimate of drug-likeness (QED) is 0.849. The van der Waals surface area contributed by atoms with Gasteiger partial charge in [0.25, 0.3) is 0 Å². The highest BCUT2D eigenvalue weighted by Gasteiger charge is 2.26. The van der Waals surface area contributed by atoms with Crippen LogP contribution in [0.1, 0.15) is 38.3 Å². The minimum Gasteiger partial charge on any atom is -0.352 e. The lowest BCUT2D eigenvalue weighted by atomic mass is 10.2. The van der Waals surface area contributed by atoms with Crippen LogP contribution in [-0.2, 0) is 0 Å². The Balaban J connectivity index is 1.87. The van der Waals surface area contributed by atoms with E-state index in [2.05, 4.69) is 34.4 Å². The molecular formula is C16H19ClN4. The fraction of sp³-hybridized carbons (Fsp3) is 0.375. The van der Waals surface area contributed by atoms with Crippen molar-refractivity contribution in [1.29, 1.82) is 0 Å². The van der Waals surface area contributed by atoms with Gasteiger partial charge in [-0.2, -0.15) is 4.98 Å². The molecule has 0 bridgehead atoms. The summed E-state index contributed by atoms with van der Waals surface area (Å²) in [5, 5.41) is 7.29. The number of nitrogens with one attached hydrogen (secondary N) is 2. The molecule has 0 unspecified atom stereocenters. The average Bonchev–Trinajstić information content (AvgIpc) is 3.21. The van der Waals surface area contributed by atoms with Gasteiger partial charge in [0.05, 0.1) is 5.69 Å². The summed E-state index contributed by atoms with van der Waals surface area (Å²) in [5.74, 6) is 2.07. The van der Waals surface area contributed by atoms with Crippen molar-refractivity contribution in [3.8, 4) is 0 Å². The minimum absolute atomic E-state index is 0.304. The molecule has 1 aromatic carbocycles. The number of hydrogen-bond acceptors (Lipinski definition) is 4. The predicted octanol–water partition coefficient (Wildman–Crippen LogP) is 4.57. The van der Waals surface area contributed by atoms with Crippen molar-refractivity contribution in [2.24, 2.45) is 0 Å². The second-order valence-electron chi connectivity index (χ2n) is 5.71. The van der Waals surface area contributed by atoms with Crippen LogP contribution in [0.2, 0.25) is 5.02 Å². The normalized spacial score (nSPS) is 14.3. The predicted molar refractivity (Wildman–Crippen MR) is 87.5 cm³/mol. The molecule has 1 heterocycles. The van der Waals surface area contributed by atoms with Gasteiger partial charge in [-0.25, -0.2) is 4.98 Å².